The molecule has 0 unspecified atom stereocenters. The van der Waals surface area contributed by atoms with Crippen molar-refractivity contribution in [1.29, 1.82) is 0 Å². The fourth-order valence-electron chi connectivity index (χ4n) is 2.44. The summed E-state index contributed by atoms with van der Waals surface area (Å²) in [6, 6.07) is 14.8. The number of rotatable bonds is 3. The first-order chi connectivity index (χ1) is 10.1. The van der Waals surface area contributed by atoms with Gasteiger partial charge in [0.05, 0.1) is 10.5 Å². The summed E-state index contributed by atoms with van der Waals surface area (Å²) in [4.78, 5) is 11.6. The molecule has 106 valence electrons. The lowest BCUT2D eigenvalue weighted by Crippen LogP contribution is -2.07. The van der Waals surface area contributed by atoms with Crippen LogP contribution >= 0.6 is 11.6 Å². The maximum atomic E-state index is 11.6. The summed E-state index contributed by atoms with van der Waals surface area (Å²) in [5.74, 6) is -1.06. The van der Waals surface area contributed by atoms with E-state index in [-0.39, 0.29) is 10.7 Å². The van der Waals surface area contributed by atoms with Crippen LogP contribution in [0.4, 0.5) is 0 Å². The number of carbonyl (C=O) groups is 1. The molecule has 3 N–H and O–H groups in total. The van der Waals surface area contributed by atoms with Crippen molar-refractivity contribution < 1.29 is 9.90 Å². The van der Waals surface area contributed by atoms with Crippen molar-refractivity contribution in [2.75, 3.05) is 0 Å². The Balaban J connectivity index is 2.34. The lowest BCUT2D eigenvalue weighted by atomic mass is 10.2. The number of hydrogen-bond acceptors (Lipinski definition) is 2. The number of fused-ring (bicyclic) bond motifs is 1. The first-order valence-corrected chi connectivity index (χ1v) is 6.83. The van der Waals surface area contributed by atoms with Crippen molar-refractivity contribution in [3.05, 3.63) is 64.8 Å². The van der Waals surface area contributed by atoms with E-state index in [4.69, 9.17) is 17.3 Å². The highest BCUT2D eigenvalue weighted by Gasteiger charge is 2.21. The molecular weight excluding hydrogens is 288 g/mol. The zero-order valence-electron chi connectivity index (χ0n) is 11.1. The molecule has 4 nitrogen and oxygen atoms in total. The summed E-state index contributed by atoms with van der Waals surface area (Å²) in [5, 5.41) is 10.5. The predicted molar refractivity (Wildman–Crippen MR) is 83.1 cm³/mol. The van der Waals surface area contributed by atoms with Gasteiger partial charge in [0.15, 0.2) is 5.69 Å². The van der Waals surface area contributed by atoms with Gasteiger partial charge in [-0.3, -0.25) is 0 Å². The van der Waals surface area contributed by atoms with Crippen LogP contribution in [-0.2, 0) is 6.54 Å². The molecule has 0 atom stereocenters. The number of halogens is 1. The van der Waals surface area contributed by atoms with Crippen LogP contribution in [0.2, 0.25) is 5.02 Å². The molecule has 1 heterocycles. The van der Waals surface area contributed by atoms with E-state index in [0.29, 0.717) is 6.54 Å². The Labute approximate surface area is 126 Å². The number of aromatic carboxylic acids is 1. The van der Waals surface area contributed by atoms with Crippen molar-refractivity contribution in [3.8, 4) is 5.69 Å². The Morgan fingerprint density at radius 2 is 1.81 bits per heavy atom. The van der Waals surface area contributed by atoms with Gasteiger partial charge in [-0.1, -0.05) is 41.9 Å². The lowest BCUT2D eigenvalue weighted by molar-refractivity contribution is 0.0689. The second-order valence-electron chi connectivity index (χ2n) is 4.69. The zero-order valence-corrected chi connectivity index (χ0v) is 11.8. The van der Waals surface area contributed by atoms with E-state index < -0.39 is 5.97 Å². The fourth-order valence-corrected chi connectivity index (χ4v) is 2.76. The van der Waals surface area contributed by atoms with Gasteiger partial charge in [0.1, 0.15) is 0 Å². The number of carboxylic acid groups (broad SMARTS) is 1. The van der Waals surface area contributed by atoms with Crippen LogP contribution in [0.5, 0.6) is 0 Å². The van der Waals surface area contributed by atoms with Gasteiger partial charge in [0, 0.05) is 17.6 Å². The smallest absolute Gasteiger partial charge is 0.354 e. The number of aromatic nitrogens is 1. The first kappa shape index (κ1) is 13.7. The van der Waals surface area contributed by atoms with E-state index in [1.54, 1.807) is 4.57 Å². The predicted octanol–water partition coefficient (Wildman–Crippen LogP) is 3.44. The summed E-state index contributed by atoms with van der Waals surface area (Å²) in [5.41, 5.74) is 8.15. The van der Waals surface area contributed by atoms with Gasteiger partial charge < -0.3 is 15.4 Å². The van der Waals surface area contributed by atoms with E-state index in [1.807, 2.05) is 48.5 Å². The molecule has 0 aliphatic carbocycles. The molecule has 3 aromatic rings. The minimum atomic E-state index is -1.06. The highest BCUT2D eigenvalue weighted by molar-refractivity contribution is 6.38. The molecular formula is C16H13ClN2O2. The minimum Gasteiger partial charge on any atom is -0.477 e. The summed E-state index contributed by atoms with van der Waals surface area (Å²) >= 11 is 6.24. The summed E-state index contributed by atoms with van der Waals surface area (Å²) in [6.07, 6.45) is 0. The Hall–Kier alpha value is -2.30. The maximum absolute atomic E-state index is 11.6. The zero-order chi connectivity index (χ0) is 15.0. The van der Waals surface area contributed by atoms with Crippen molar-refractivity contribution >= 4 is 28.5 Å². The second kappa shape index (κ2) is 5.24. The molecule has 0 amide bonds. The van der Waals surface area contributed by atoms with Crippen LogP contribution in [0.15, 0.2) is 48.5 Å². The molecule has 0 spiro atoms. The Morgan fingerprint density at radius 1 is 1.14 bits per heavy atom. The Bertz CT molecular complexity index is 822. The van der Waals surface area contributed by atoms with E-state index in [2.05, 4.69) is 0 Å². The number of nitrogens with two attached hydrogens (primary N) is 1. The van der Waals surface area contributed by atoms with Gasteiger partial charge in [0.2, 0.25) is 0 Å². The van der Waals surface area contributed by atoms with Gasteiger partial charge >= 0.3 is 5.97 Å². The van der Waals surface area contributed by atoms with Crippen molar-refractivity contribution in [2.45, 2.75) is 6.54 Å². The van der Waals surface area contributed by atoms with Crippen molar-refractivity contribution in [2.24, 2.45) is 5.73 Å². The van der Waals surface area contributed by atoms with Gasteiger partial charge in [-0.25, -0.2) is 4.79 Å². The normalized spacial score (nSPS) is 11.0. The Morgan fingerprint density at radius 3 is 2.43 bits per heavy atom. The van der Waals surface area contributed by atoms with Gasteiger partial charge in [-0.05, 0) is 23.8 Å². The van der Waals surface area contributed by atoms with Crippen LogP contribution in [0.3, 0.4) is 0 Å². The van der Waals surface area contributed by atoms with E-state index in [9.17, 15) is 9.90 Å². The van der Waals surface area contributed by atoms with Gasteiger partial charge in [-0.2, -0.15) is 0 Å². The molecule has 0 radical (unpaired) electrons. The number of hydrogen-bond donors (Lipinski definition) is 2. The molecule has 0 aliphatic rings. The molecule has 5 heteroatoms. The molecule has 3 rings (SSSR count). The fraction of sp³-hybridized carbons (Fsp3) is 0.0625. The van der Waals surface area contributed by atoms with E-state index in [0.717, 1.165) is 22.2 Å². The van der Waals surface area contributed by atoms with Crippen LogP contribution < -0.4 is 5.73 Å². The molecule has 21 heavy (non-hydrogen) atoms. The standard InChI is InChI=1S/C16H13ClN2O2/c17-14-12-3-1-2-4-13(12)19(15(14)16(20)21)11-7-5-10(9-18)6-8-11/h1-8H,9,18H2,(H,20,21). The third-order valence-electron chi connectivity index (χ3n) is 3.45. The highest BCUT2D eigenvalue weighted by atomic mass is 35.5. The quantitative estimate of drug-likeness (QED) is 0.778. The third-order valence-corrected chi connectivity index (χ3v) is 3.83. The number of nitrogens with zero attached hydrogens (tertiary/aromatic N) is 1. The van der Waals surface area contributed by atoms with Crippen molar-refractivity contribution in [1.82, 2.24) is 4.57 Å². The van der Waals surface area contributed by atoms with Gasteiger partial charge in [0.25, 0.3) is 0 Å². The Kier molecular flexibility index (Phi) is 3.41. The molecule has 0 saturated carbocycles. The van der Waals surface area contributed by atoms with E-state index in [1.165, 1.54) is 0 Å². The van der Waals surface area contributed by atoms with Crippen LogP contribution in [0, 0.1) is 0 Å². The first-order valence-electron chi connectivity index (χ1n) is 6.45. The monoisotopic (exact) mass is 300 g/mol. The highest BCUT2D eigenvalue weighted by Crippen LogP contribution is 2.33. The molecule has 0 bridgehead atoms. The molecule has 1 aromatic heterocycles. The molecule has 0 fully saturated rings. The maximum Gasteiger partial charge on any atom is 0.354 e. The summed E-state index contributed by atoms with van der Waals surface area (Å²) < 4.78 is 1.65. The molecule has 0 aliphatic heterocycles. The summed E-state index contributed by atoms with van der Waals surface area (Å²) in [6.45, 7) is 0.444. The molecule has 2 aromatic carbocycles. The summed E-state index contributed by atoms with van der Waals surface area (Å²) in [7, 11) is 0. The van der Waals surface area contributed by atoms with Crippen LogP contribution in [0.1, 0.15) is 16.1 Å². The van der Waals surface area contributed by atoms with E-state index >= 15 is 0 Å². The number of carboxylic acids is 1. The number of para-hydroxylation sites is 1. The topological polar surface area (TPSA) is 68.2 Å². The third kappa shape index (κ3) is 2.18. The average molecular weight is 301 g/mol. The molecule has 0 saturated heterocycles. The second-order valence-corrected chi connectivity index (χ2v) is 5.07. The lowest BCUT2D eigenvalue weighted by Gasteiger charge is -2.09. The largest absolute Gasteiger partial charge is 0.477 e. The minimum absolute atomic E-state index is 0.0679. The van der Waals surface area contributed by atoms with Crippen LogP contribution in [-0.4, -0.2) is 15.6 Å². The number of benzene rings is 2. The van der Waals surface area contributed by atoms with Crippen LogP contribution in [0.25, 0.3) is 16.6 Å². The SMILES string of the molecule is NCc1ccc(-n2c(C(=O)O)c(Cl)c3ccccc32)cc1. The van der Waals surface area contributed by atoms with Gasteiger partial charge in [-0.15, -0.1) is 0 Å². The van der Waals surface area contributed by atoms with Crippen molar-refractivity contribution in [3.63, 3.8) is 0 Å². The average Bonchev–Trinajstić information content (AvgIpc) is 2.81.